The summed E-state index contributed by atoms with van der Waals surface area (Å²) in [7, 11) is 1.95. The summed E-state index contributed by atoms with van der Waals surface area (Å²) in [5, 5.41) is 4.97. The number of hydrazone groups is 1. The Kier molecular flexibility index (Phi) is 5.55. The maximum atomic E-state index is 12.0. The summed E-state index contributed by atoms with van der Waals surface area (Å²) >= 11 is 4.79. The first-order valence-corrected chi connectivity index (χ1v) is 9.46. The zero-order valence-electron chi connectivity index (χ0n) is 13.9. The number of benzene rings is 2. The number of nitrogens with zero attached hydrogens (tertiary/aromatic N) is 3. The number of carbonyl (C=O) groups excluding carboxylic acids is 1. The van der Waals surface area contributed by atoms with Crippen LogP contribution in [0.2, 0.25) is 0 Å². The van der Waals surface area contributed by atoms with E-state index in [1.54, 1.807) is 0 Å². The number of rotatable bonds is 5. The molecule has 0 radical (unpaired) electrons. The van der Waals surface area contributed by atoms with Crippen LogP contribution in [0.3, 0.4) is 0 Å². The molecule has 0 fully saturated rings. The average Bonchev–Trinajstić information content (AvgIpc) is 2.95. The van der Waals surface area contributed by atoms with Gasteiger partial charge in [0.2, 0.25) is 0 Å². The molecule has 0 saturated carbocycles. The number of nitrogens with one attached hydrogen (secondary N) is 1. The van der Waals surface area contributed by atoms with Crippen LogP contribution in [0.1, 0.15) is 12.5 Å². The van der Waals surface area contributed by atoms with Gasteiger partial charge in [0.05, 0.1) is 22.5 Å². The Bertz CT molecular complexity index is 934. The molecule has 1 N–H and O–H groups in total. The molecule has 7 heteroatoms. The van der Waals surface area contributed by atoms with Gasteiger partial charge in [-0.2, -0.15) is 5.10 Å². The summed E-state index contributed by atoms with van der Waals surface area (Å²) in [4.78, 5) is 16.6. The first-order valence-electron chi connectivity index (χ1n) is 7.68. The van der Waals surface area contributed by atoms with Crippen LogP contribution < -0.4 is 5.43 Å². The summed E-state index contributed by atoms with van der Waals surface area (Å²) in [6.45, 7) is 1.86. The fraction of sp³-hybridized carbons (Fsp3) is 0.167. The van der Waals surface area contributed by atoms with Gasteiger partial charge >= 0.3 is 0 Å². The second-order valence-corrected chi connectivity index (χ2v) is 7.33. The van der Waals surface area contributed by atoms with Gasteiger partial charge in [-0.3, -0.25) is 4.79 Å². The van der Waals surface area contributed by atoms with Crippen LogP contribution in [0.25, 0.3) is 11.0 Å². The Hall–Kier alpha value is -2.12. The number of imidazole rings is 1. The number of hydrogen-bond donors (Lipinski definition) is 1. The highest BCUT2D eigenvalue weighted by Crippen LogP contribution is 2.22. The second-order valence-electron chi connectivity index (χ2n) is 5.47. The van der Waals surface area contributed by atoms with Gasteiger partial charge < -0.3 is 4.57 Å². The second kappa shape index (κ2) is 7.84. The van der Waals surface area contributed by atoms with Crippen LogP contribution in [0.15, 0.2) is 63.3 Å². The molecule has 5 nitrogen and oxygen atoms in total. The number of halogens is 1. The summed E-state index contributed by atoms with van der Waals surface area (Å²) in [6.07, 6.45) is 0. The minimum atomic E-state index is -0.159. The first kappa shape index (κ1) is 17.7. The van der Waals surface area contributed by atoms with Crippen LogP contribution in [0.4, 0.5) is 0 Å². The van der Waals surface area contributed by atoms with Crippen LogP contribution in [-0.2, 0) is 11.8 Å². The molecule has 0 aliphatic heterocycles. The van der Waals surface area contributed by atoms with E-state index in [0.29, 0.717) is 0 Å². The highest BCUT2D eigenvalue weighted by molar-refractivity contribution is 9.10. The molecular weight excluding hydrogens is 400 g/mol. The van der Waals surface area contributed by atoms with Crippen LogP contribution in [-0.4, -0.2) is 26.9 Å². The van der Waals surface area contributed by atoms with Crippen LogP contribution in [0.5, 0.6) is 0 Å². The van der Waals surface area contributed by atoms with Crippen molar-refractivity contribution >= 4 is 50.3 Å². The summed E-state index contributed by atoms with van der Waals surface area (Å²) < 4.78 is 3.00. The van der Waals surface area contributed by atoms with E-state index in [4.69, 9.17) is 0 Å². The van der Waals surface area contributed by atoms with Gasteiger partial charge in [-0.25, -0.2) is 10.4 Å². The molecule has 0 spiro atoms. The minimum Gasteiger partial charge on any atom is -0.322 e. The van der Waals surface area contributed by atoms with Crippen molar-refractivity contribution < 1.29 is 4.79 Å². The predicted molar refractivity (Wildman–Crippen MR) is 106 cm³/mol. The zero-order chi connectivity index (χ0) is 17.8. The molecule has 0 unspecified atom stereocenters. The first-order chi connectivity index (χ1) is 12.0. The van der Waals surface area contributed by atoms with Gasteiger partial charge in [-0.1, -0.05) is 52.0 Å². The van der Waals surface area contributed by atoms with E-state index < -0.39 is 0 Å². The Balaban J connectivity index is 1.59. The van der Waals surface area contributed by atoms with Crippen molar-refractivity contribution in [3.63, 3.8) is 0 Å². The smallest absolute Gasteiger partial charge is 0.250 e. The van der Waals surface area contributed by atoms with Gasteiger partial charge in [0, 0.05) is 11.5 Å². The van der Waals surface area contributed by atoms with E-state index >= 15 is 0 Å². The number of hydrogen-bond acceptors (Lipinski definition) is 4. The fourth-order valence-electron chi connectivity index (χ4n) is 2.32. The standard InChI is InChI=1S/C18H17BrN4OS/c1-12(13-7-9-14(19)10-8-13)21-22-17(24)11-25-18-20-15-5-3-4-6-16(15)23(18)2/h3-10H,11H2,1-2H3,(H,22,24). The molecule has 1 aromatic heterocycles. The third-order valence-corrected chi connectivity index (χ3v) is 5.25. The summed E-state index contributed by atoms with van der Waals surface area (Å²) in [6, 6.07) is 15.7. The summed E-state index contributed by atoms with van der Waals surface area (Å²) in [5.74, 6) is 0.0994. The predicted octanol–water partition coefficient (Wildman–Crippen LogP) is 3.97. The van der Waals surface area contributed by atoms with Crippen LogP contribution >= 0.6 is 27.7 Å². The Labute approximate surface area is 158 Å². The SMILES string of the molecule is CC(=NNC(=O)CSc1nc2ccccc2n1C)c1ccc(Br)cc1. The van der Waals surface area contributed by atoms with Gasteiger partial charge in [0.15, 0.2) is 5.16 Å². The monoisotopic (exact) mass is 416 g/mol. The lowest BCUT2D eigenvalue weighted by atomic mass is 10.1. The van der Waals surface area contributed by atoms with E-state index in [2.05, 4.69) is 31.4 Å². The lowest BCUT2D eigenvalue weighted by Gasteiger charge is -2.04. The normalized spacial score (nSPS) is 11.7. The molecule has 25 heavy (non-hydrogen) atoms. The number of para-hydroxylation sites is 2. The topological polar surface area (TPSA) is 59.3 Å². The third-order valence-electron chi connectivity index (χ3n) is 3.69. The number of carbonyl (C=O) groups is 1. The van der Waals surface area contributed by atoms with Gasteiger partial charge in [-0.05, 0) is 36.8 Å². The van der Waals surface area contributed by atoms with Crippen molar-refractivity contribution in [1.82, 2.24) is 15.0 Å². The molecule has 0 bridgehead atoms. The Morgan fingerprint density at radius 1 is 1.24 bits per heavy atom. The molecule has 3 aromatic rings. The third kappa shape index (κ3) is 4.29. The van der Waals surface area contributed by atoms with Crippen LogP contribution in [0, 0.1) is 0 Å². The number of aromatic nitrogens is 2. The number of aryl methyl sites for hydroxylation is 1. The molecule has 0 aliphatic carbocycles. The lowest BCUT2D eigenvalue weighted by Crippen LogP contribution is -2.21. The van der Waals surface area contributed by atoms with Crippen molar-refractivity contribution in [3.8, 4) is 0 Å². The molecule has 2 aromatic carbocycles. The van der Waals surface area contributed by atoms with Crippen molar-refractivity contribution in [2.45, 2.75) is 12.1 Å². The molecule has 0 atom stereocenters. The van der Waals surface area contributed by atoms with Crippen molar-refractivity contribution in [2.75, 3.05) is 5.75 Å². The largest absolute Gasteiger partial charge is 0.322 e. The highest BCUT2D eigenvalue weighted by atomic mass is 79.9. The van der Waals surface area contributed by atoms with Crippen molar-refractivity contribution in [3.05, 3.63) is 58.6 Å². The van der Waals surface area contributed by atoms with E-state index in [1.807, 2.05) is 67.1 Å². The fourth-order valence-corrected chi connectivity index (χ4v) is 3.36. The van der Waals surface area contributed by atoms with Gasteiger partial charge in [0.25, 0.3) is 5.91 Å². The Morgan fingerprint density at radius 3 is 2.68 bits per heavy atom. The molecule has 1 heterocycles. The quantitative estimate of drug-likeness (QED) is 0.388. The molecule has 1 amide bonds. The highest BCUT2D eigenvalue weighted by Gasteiger charge is 2.10. The zero-order valence-corrected chi connectivity index (χ0v) is 16.3. The van der Waals surface area contributed by atoms with Crippen molar-refractivity contribution in [1.29, 1.82) is 0 Å². The van der Waals surface area contributed by atoms with Crippen molar-refractivity contribution in [2.24, 2.45) is 12.1 Å². The van der Waals surface area contributed by atoms with E-state index in [1.165, 1.54) is 11.8 Å². The minimum absolute atomic E-state index is 0.159. The molecule has 128 valence electrons. The lowest BCUT2D eigenvalue weighted by molar-refractivity contribution is -0.118. The molecule has 0 saturated heterocycles. The molecule has 0 aliphatic rings. The number of amides is 1. The molecule has 3 rings (SSSR count). The molecular formula is C18H17BrN4OS. The maximum absolute atomic E-state index is 12.0. The maximum Gasteiger partial charge on any atom is 0.250 e. The van der Waals surface area contributed by atoms with E-state index in [-0.39, 0.29) is 11.7 Å². The Morgan fingerprint density at radius 2 is 1.96 bits per heavy atom. The average molecular weight is 417 g/mol. The van der Waals surface area contributed by atoms with Gasteiger partial charge in [-0.15, -0.1) is 0 Å². The number of thioether (sulfide) groups is 1. The number of fused-ring (bicyclic) bond motifs is 1. The van der Waals surface area contributed by atoms with E-state index in [9.17, 15) is 4.79 Å². The van der Waals surface area contributed by atoms with E-state index in [0.717, 1.165) is 31.9 Å². The summed E-state index contributed by atoms with van der Waals surface area (Å²) in [5.41, 5.74) is 6.30. The van der Waals surface area contributed by atoms with Gasteiger partial charge in [0.1, 0.15) is 0 Å².